The maximum atomic E-state index is 13.1. The number of hydrogen-bond acceptors (Lipinski definition) is 2. The van der Waals surface area contributed by atoms with E-state index in [2.05, 4.69) is 5.32 Å². The van der Waals surface area contributed by atoms with Crippen molar-refractivity contribution in [2.45, 2.75) is 33.2 Å². The third-order valence-corrected chi connectivity index (χ3v) is 3.01. The van der Waals surface area contributed by atoms with Crippen molar-refractivity contribution < 1.29 is 23.1 Å². The SMILES string of the molecule is CC(C)(C)C(CCO)NC(=O)c1cc(F)c(F)c(F)c1. The third kappa shape index (κ3) is 3.96. The highest BCUT2D eigenvalue weighted by Crippen LogP contribution is 2.22. The van der Waals surface area contributed by atoms with E-state index in [-0.39, 0.29) is 23.6 Å². The molecule has 1 rings (SSSR count). The van der Waals surface area contributed by atoms with E-state index < -0.39 is 23.4 Å². The van der Waals surface area contributed by atoms with Crippen molar-refractivity contribution >= 4 is 5.91 Å². The number of amides is 1. The van der Waals surface area contributed by atoms with Gasteiger partial charge >= 0.3 is 0 Å². The Labute approximate surface area is 115 Å². The van der Waals surface area contributed by atoms with Gasteiger partial charge in [-0.2, -0.15) is 0 Å². The van der Waals surface area contributed by atoms with Crippen LogP contribution in [0.25, 0.3) is 0 Å². The summed E-state index contributed by atoms with van der Waals surface area (Å²) in [6.45, 7) is 5.45. The largest absolute Gasteiger partial charge is 0.396 e. The monoisotopic (exact) mass is 289 g/mol. The minimum atomic E-state index is -1.61. The van der Waals surface area contributed by atoms with Crippen LogP contribution in [-0.2, 0) is 0 Å². The zero-order valence-corrected chi connectivity index (χ0v) is 11.6. The Hall–Kier alpha value is -1.56. The number of carbonyl (C=O) groups excluding carboxylic acids is 1. The smallest absolute Gasteiger partial charge is 0.251 e. The summed E-state index contributed by atoms with van der Waals surface area (Å²) in [5.74, 6) is -5.14. The predicted molar refractivity (Wildman–Crippen MR) is 68.7 cm³/mol. The van der Waals surface area contributed by atoms with Gasteiger partial charge in [0.25, 0.3) is 5.91 Å². The molecule has 0 spiro atoms. The van der Waals surface area contributed by atoms with Crippen LogP contribution in [0.3, 0.4) is 0 Å². The molecule has 0 heterocycles. The molecule has 1 unspecified atom stereocenters. The highest BCUT2D eigenvalue weighted by Gasteiger charge is 2.26. The molecule has 2 N–H and O–H groups in total. The second-order valence-electron chi connectivity index (χ2n) is 5.66. The van der Waals surface area contributed by atoms with E-state index in [0.29, 0.717) is 18.6 Å². The summed E-state index contributed by atoms with van der Waals surface area (Å²) >= 11 is 0. The van der Waals surface area contributed by atoms with Crippen molar-refractivity contribution in [3.63, 3.8) is 0 Å². The molecule has 1 aromatic carbocycles. The van der Waals surface area contributed by atoms with Crippen LogP contribution < -0.4 is 5.32 Å². The Bertz CT molecular complexity index is 475. The molecule has 1 aromatic rings. The highest BCUT2D eigenvalue weighted by molar-refractivity contribution is 5.94. The lowest BCUT2D eigenvalue weighted by Gasteiger charge is -2.31. The van der Waals surface area contributed by atoms with Gasteiger partial charge < -0.3 is 10.4 Å². The van der Waals surface area contributed by atoms with Crippen LogP contribution >= 0.6 is 0 Å². The van der Waals surface area contributed by atoms with E-state index in [0.717, 1.165) is 0 Å². The Balaban J connectivity index is 2.95. The number of aliphatic hydroxyl groups excluding tert-OH is 1. The van der Waals surface area contributed by atoms with Crippen LogP contribution in [0.5, 0.6) is 0 Å². The lowest BCUT2D eigenvalue weighted by molar-refractivity contribution is 0.0884. The Kier molecular flexibility index (Phi) is 5.16. The molecule has 112 valence electrons. The van der Waals surface area contributed by atoms with Gasteiger partial charge in [0, 0.05) is 18.2 Å². The maximum Gasteiger partial charge on any atom is 0.251 e. The van der Waals surface area contributed by atoms with Crippen LogP contribution in [0.4, 0.5) is 13.2 Å². The van der Waals surface area contributed by atoms with Gasteiger partial charge in [-0.3, -0.25) is 4.79 Å². The Morgan fingerprint density at radius 3 is 2.15 bits per heavy atom. The second-order valence-corrected chi connectivity index (χ2v) is 5.66. The van der Waals surface area contributed by atoms with Gasteiger partial charge in [-0.05, 0) is 24.0 Å². The number of benzene rings is 1. The molecule has 0 aliphatic rings. The van der Waals surface area contributed by atoms with Gasteiger partial charge in [0.15, 0.2) is 17.5 Å². The molecule has 0 aliphatic heterocycles. The van der Waals surface area contributed by atoms with Crippen LogP contribution in [0.2, 0.25) is 0 Å². The molecule has 3 nitrogen and oxygen atoms in total. The van der Waals surface area contributed by atoms with E-state index in [1.54, 1.807) is 0 Å². The predicted octanol–water partition coefficient (Wildman–Crippen LogP) is 2.63. The summed E-state index contributed by atoms with van der Waals surface area (Å²) in [5.41, 5.74) is -0.635. The zero-order chi connectivity index (χ0) is 15.5. The van der Waals surface area contributed by atoms with Crippen LogP contribution in [0.1, 0.15) is 37.6 Å². The maximum absolute atomic E-state index is 13.1. The Morgan fingerprint density at radius 1 is 1.25 bits per heavy atom. The van der Waals surface area contributed by atoms with Gasteiger partial charge in [0.05, 0.1) is 0 Å². The van der Waals surface area contributed by atoms with E-state index in [1.807, 2.05) is 20.8 Å². The average molecular weight is 289 g/mol. The fraction of sp³-hybridized carbons (Fsp3) is 0.500. The molecule has 0 aromatic heterocycles. The number of carbonyl (C=O) groups is 1. The van der Waals surface area contributed by atoms with Crippen molar-refractivity contribution in [3.8, 4) is 0 Å². The number of hydrogen-bond donors (Lipinski definition) is 2. The molecule has 6 heteroatoms. The quantitative estimate of drug-likeness (QED) is 0.837. The first-order valence-electron chi connectivity index (χ1n) is 6.23. The van der Waals surface area contributed by atoms with Gasteiger partial charge in [-0.15, -0.1) is 0 Å². The fourth-order valence-electron chi connectivity index (χ4n) is 1.78. The normalized spacial score (nSPS) is 13.2. The lowest BCUT2D eigenvalue weighted by atomic mass is 9.84. The molecule has 0 bridgehead atoms. The van der Waals surface area contributed by atoms with Crippen molar-refractivity contribution in [2.24, 2.45) is 5.41 Å². The number of aliphatic hydroxyl groups is 1. The average Bonchev–Trinajstić information content (AvgIpc) is 2.33. The molecule has 0 saturated heterocycles. The molecular formula is C14H18F3NO2. The molecule has 20 heavy (non-hydrogen) atoms. The van der Waals surface area contributed by atoms with E-state index in [9.17, 15) is 18.0 Å². The minimum absolute atomic E-state index is 0.131. The van der Waals surface area contributed by atoms with Gasteiger partial charge in [-0.25, -0.2) is 13.2 Å². The van der Waals surface area contributed by atoms with Gasteiger partial charge in [0.1, 0.15) is 0 Å². The first-order valence-corrected chi connectivity index (χ1v) is 6.23. The lowest BCUT2D eigenvalue weighted by Crippen LogP contribution is -2.44. The second kappa shape index (κ2) is 6.26. The molecule has 0 aliphatic carbocycles. The molecule has 0 radical (unpaired) electrons. The first-order chi connectivity index (χ1) is 9.16. The Morgan fingerprint density at radius 2 is 1.75 bits per heavy atom. The van der Waals surface area contributed by atoms with Crippen molar-refractivity contribution in [2.75, 3.05) is 6.61 Å². The molecule has 0 saturated carbocycles. The number of rotatable bonds is 4. The molecule has 0 fully saturated rings. The standard InChI is InChI=1S/C14H18F3NO2/c1-14(2,3)11(4-5-19)18-13(20)8-6-9(15)12(17)10(16)7-8/h6-7,11,19H,4-5H2,1-3H3,(H,18,20). The summed E-state index contributed by atoms with van der Waals surface area (Å²) in [6.07, 6.45) is 0.307. The van der Waals surface area contributed by atoms with Gasteiger partial charge in [-0.1, -0.05) is 20.8 Å². The molecular weight excluding hydrogens is 271 g/mol. The number of nitrogens with one attached hydrogen (secondary N) is 1. The summed E-state index contributed by atoms with van der Waals surface area (Å²) in [7, 11) is 0. The summed E-state index contributed by atoms with van der Waals surface area (Å²) in [4.78, 5) is 11.9. The zero-order valence-electron chi connectivity index (χ0n) is 11.6. The molecule has 1 amide bonds. The first kappa shape index (κ1) is 16.5. The number of halogens is 3. The third-order valence-electron chi connectivity index (χ3n) is 3.01. The minimum Gasteiger partial charge on any atom is -0.396 e. The van der Waals surface area contributed by atoms with E-state index in [1.165, 1.54) is 0 Å². The van der Waals surface area contributed by atoms with Gasteiger partial charge in [0.2, 0.25) is 0 Å². The van der Waals surface area contributed by atoms with Crippen LogP contribution in [0.15, 0.2) is 12.1 Å². The molecule has 1 atom stereocenters. The summed E-state index contributed by atoms with van der Waals surface area (Å²) in [6, 6.07) is 0.912. The summed E-state index contributed by atoms with van der Waals surface area (Å²) < 4.78 is 39.0. The van der Waals surface area contributed by atoms with E-state index >= 15 is 0 Å². The van der Waals surface area contributed by atoms with Crippen molar-refractivity contribution in [3.05, 3.63) is 35.1 Å². The van der Waals surface area contributed by atoms with Crippen LogP contribution in [-0.4, -0.2) is 23.7 Å². The van der Waals surface area contributed by atoms with Crippen LogP contribution in [0, 0.1) is 22.9 Å². The summed E-state index contributed by atoms with van der Waals surface area (Å²) in [5, 5.41) is 11.6. The highest BCUT2D eigenvalue weighted by atomic mass is 19.2. The van der Waals surface area contributed by atoms with Crippen molar-refractivity contribution in [1.29, 1.82) is 0 Å². The van der Waals surface area contributed by atoms with E-state index in [4.69, 9.17) is 5.11 Å². The fourth-order valence-corrected chi connectivity index (χ4v) is 1.78. The topological polar surface area (TPSA) is 49.3 Å². The van der Waals surface area contributed by atoms with Crippen molar-refractivity contribution in [1.82, 2.24) is 5.32 Å².